The Balaban J connectivity index is 2.28. The number of allylic oxidation sites excluding steroid dienone is 3. The zero-order valence-electron chi connectivity index (χ0n) is 5.64. The van der Waals surface area contributed by atoms with E-state index in [4.69, 9.17) is 0 Å². The van der Waals surface area contributed by atoms with Crippen molar-refractivity contribution in [3.63, 3.8) is 0 Å². The summed E-state index contributed by atoms with van der Waals surface area (Å²) in [6.45, 7) is 3.84. The summed E-state index contributed by atoms with van der Waals surface area (Å²) in [6, 6.07) is 0. The van der Waals surface area contributed by atoms with E-state index in [0.717, 1.165) is 11.8 Å². The quantitative estimate of drug-likeness (QED) is 0.466. The van der Waals surface area contributed by atoms with Crippen LogP contribution >= 0.6 is 0 Å². The second-order valence-corrected chi connectivity index (χ2v) is 3.07. The Morgan fingerprint density at radius 2 is 2.56 bits per heavy atom. The lowest BCUT2D eigenvalue weighted by Crippen LogP contribution is -1.98. The Labute approximate surface area is 56.3 Å². The van der Waals surface area contributed by atoms with E-state index in [1.54, 1.807) is 5.57 Å². The maximum atomic E-state index is 3.84. The SMILES string of the molecule is C=CC1C2=CCC1CC2. The van der Waals surface area contributed by atoms with Gasteiger partial charge in [0.1, 0.15) is 0 Å². The van der Waals surface area contributed by atoms with E-state index in [9.17, 15) is 0 Å². The lowest BCUT2D eigenvalue weighted by molar-refractivity contribution is 0.510. The first-order valence-corrected chi connectivity index (χ1v) is 3.73. The summed E-state index contributed by atoms with van der Waals surface area (Å²) in [6.07, 6.45) is 8.62. The lowest BCUT2D eigenvalue weighted by Gasteiger charge is -2.06. The van der Waals surface area contributed by atoms with Gasteiger partial charge in [-0.3, -0.25) is 0 Å². The van der Waals surface area contributed by atoms with Crippen LogP contribution < -0.4 is 0 Å². The zero-order valence-corrected chi connectivity index (χ0v) is 5.64. The van der Waals surface area contributed by atoms with Gasteiger partial charge in [0, 0.05) is 5.92 Å². The summed E-state index contributed by atoms with van der Waals surface area (Å²) in [5.41, 5.74) is 1.66. The van der Waals surface area contributed by atoms with Crippen LogP contribution in [-0.2, 0) is 0 Å². The molecule has 0 aromatic carbocycles. The van der Waals surface area contributed by atoms with Crippen molar-refractivity contribution in [3.8, 4) is 0 Å². The van der Waals surface area contributed by atoms with Gasteiger partial charge in [-0.2, -0.15) is 0 Å². The molecule has 1 saturated carbocycles. The normalized spacial score (nSPS) is 38.9. The van der Waals surface area contributed by atoms with Gasteiger partial charge in [0.2, 0.25) is 0 Å². The molecule has 0 aromatic rings. The number of hydrogen-bond donors (Lipinski definition) is 0. The Morgan fingerprint density at radius 1 is 1.67 bits per heavy atom. The molecule has 9 heavy (non-hydrogen) atoms. The minimum atomic E-state index is 0.769. The highest BCUT2D eigenvalue weighted by atomic mass is 14.4. The van der Waals surface area contributed by atoms with E-state index in [1.807, 2.05) is 0 Å². The fourth-order valence-corrected chi connectivity index (χ4v) is 2.15. The van der Waals surface area contributed by atoms with E-state index >= 15 is 0 Å². The number of fused-ring (bicyclic) bond motifs is 2. The van der Waals surface area contributed by atoms with Crippen LogP contribution in [0.5, 0.6) is 0 Å². The molecule has 0 aliphatic heterocycles. The second kappa shape index (κ2) is 1.73. The maximum absolute atomic E-state index is 3.84. The predicted octanol–water partition coefficient (Wildman–Crippen LogP) is 2.53. The minimum Gasteiger partial charge on any atom is -0.102 e. The van der Waals surface area contributed by atoms with Crippen molar-refractivity contribution in [2.45, 2.75) is 19.3 Å². The molecule has 0 heteroatoms. The predicted molar refractivity (Wildman–Crippen MR) is 39.1 cm³/mol. The van der Waals surface area contributed by atoms with Crippen LogP contribution in [0.25, 0.3) is 0 Å². The minimum absolute atomic E-state index is 0.769. The standard InChI is InChI=1S/C9H12/c1-2-9-7-3-4-8(9)6-5-7/h2-3,8-9H,1,4-6H2. The highest BCUT2D eigenvalue weighted by Crippen LogP contribution is 2.45. The van der Waals surface area contributed by atoms with Crippen molar-refractivity contribution < 1.29 is 0 Å². The number of hydrogen-bond acceptors (Lipinski definition) is 0. The fraction of sp³-hybridized carbons (Fsp3) is 0.556. The van der Waals surface area contributed by atoms with Crippen molar-refractivity contribution in [1.82, 2.24) is 0 Å². The van der Waals surface area contributed by atoms with Crippen LogP contribution in [0.4, 0.5) is 0 Å². The summed E-state index contributed by atoms with van der Waals surface area (Å²) in [4.78, 5) is 0. The van der Waals surface area contributed by atoms with Crippen LogP contribution in [0.1, 0.15) is 19.3 Å². The second-order valence-electron chi connectivity index (χ2n) is 3.07. The van der Waals surface area contributed by atoms with Crippen molar-refractivity contribution in [2.24, 2.45) is 11.8 Å². The van der Waals surface area contributed by atoms with Crippen molar-refractivity contribution >= 4 is 0 Å². The Bertz CT molecular complexity index is 165. The van der Waals surface area contributed by atoms with Crippen LogP contribution in [0, 0.1) is 11.8 Å². The van der Waals surface area contributed by atoms with Crippen LogP contribution in [-0.4, -0.2) is 0 Å². The van der Waals surface area contributed by atoms with Crippen LogP contribution in [0.15, 0.2) is 24.3 Å². The summed E-state index contributed by atoms with van der Waals surface area (Å²) in [7, 11) is 0. The first kappa shape index (κ1) is 5.28. The molecule has 0 heterocycles. The number of rotatable bonds is 1. The average molecular weight is 120 g/mol. The zero-order chi connectivity index (χ0) is 6.27. The van der Waals surface area contributed by atoms with Gasteiger partial charge in [0.25, 0.3) is 0 Å². The molecule has 0 saturated heterocycles. The Kier molecular flexibility index (Phi) is 1.01. The molecule has 2 bridgehead atoms. The average Bonchev–Trinajstić information content (AvgIpc) is 2.44. The van der Waals surface area contributed by atoms with Gasteiger partial charge in [-0.1, -0.05) is 17.7 Å². The summed E-state index contributed by atoms with van der Waals surface area (Å²) in [5.74, 6) is 1.71. The third kappa shape index (κ3) is 0.592. The van der Waals surface area contributed by atoms with E-state index in [0.29, 0.717) is 0 Å². The molecule has 48 valence electrons. The first-order valence-electron chi connectivity index (χ1n) is 3.73. The van der Waals surface area contributed by atoms with Gasteiger partial charge in [0.05, 0.1) is 0 Å². The summed E-state index contributed by atoms with van der Waals surface area (Å²) < 4.78 is 0. The molecule has 0 N–H and O–H groups in total. The molecular weight excluding hydrogens is 108 g/mol. The highest BCUT2D eigenvalue weighted by molar-refractivity contribution is 5.24. The van der Waals surface area contributed by atoms with Gasteiger partial charge in [0.15, 0.2) is 0 Å². The van der Waals surface area contributed by atoms with Crippen LogP contribution in [0.2, 0.25) is 0 Å². The largest absolute Gasteiger partial charge is 0.102 e. The molecule has 2 atom stereocenters. The molecule has 2 rings (SSSR count). The van der Waals surface area contributed by atoms with E-state index < -0.39 is 0 Å². The fourth-order valence-electron chi connectivity index (χ4n) is 2.15. The maximum Gasteiger partial charge on any atom is 0.000540 e. The topological polar surface area (TPSA) is 0 Å². The van der Waals surface area contributed by atoms with Crippen LogP contribution in [0.3, 0.4) is 0 Å². The third-order valence-corrected chi connectivity index (χ3v) is 2.68. The van der Waals surface area contributed by atoms with Crippen molar-refractivity contribution in [1.29, 1.82) is 0 Å². The molecule has 0 nitrogen and oxygen atoms in total. The molecule has 0 radical (unpaired) electrons. The van der Waals surface area contributed by atoms with Gasteiger partial charge in [-0.05, 0) is 25.2 Å². The Hall–Kier alpha value is -0.520. The first-order chi connectivity index (χ1) is 4.42. The van der Waals surface area contributed by atoms with E-state index in [-0.39, 0.29) is 0 Å². The van der Waals surface area contributed by atoms with Gasteiger partial charge < -0.3 is 0 Å². The summed E-state index contributed by atoms with van der Waals surface area (Å²) >= 11 is 0. The smallest absolute Gasteiger partial charge is 0.000540 e. The summed E-state index contributed by atoms with van der Waals surface area (Å²) in [5, 5.41) is 0. The highest BCUT2D eigenvalue weighted by Gasteiger charge is 2.32. The van der Waals surface area contributed by atoms with Gasteiger partial charge in [-0.15, -0.1) is 6.58 Å². The van der Waals surface area contributed by atoms with Crippen molar-refractivity contribution in [2.75, 3.05) is 0 Å². The van der Waals surface area contributed by atoms with Crippen molar-refractivity contribution in [3.05, 3.63) is 24.3 Å². The molecule has 0 amide bonds. The third-order valence-electron chi connectivity index (χ3n) is 2.68. The molecule has 0 aromatic heterocycles. The molecule has 2 aliphatic carbocycles. The van der Waals surface area contributed by atoms with Gasteiger partial charge >= 0.3 is 0 Å². The van der Waals surface area contributed by atoms with Gasteiger partial charge in [-0.25, -0.2) is 0 Å². The molecule has 2 unspecified atom stereocenters. The molecular formula is C9H12. The monoisotopic (exact) mass is 120 g/mol. The molecule has 2 aliphatic rings. The van der Waals surface area contributed by atoms with E-state index in [2.05, 4.69) is 18.7 Å². The Morgan fingerprint density at radius 3 is 2.78 bits per heavy atom. The molecule has 0 spiro atoms. The lowest BCUT2D eigenvalue weighted by atomic mass is 9.98. The molecule has 1 fully saturated rings. The van der Waals surface area contributed by atoms with E-state index in [1.165, 1.54) is 19.3 Å².